The zero-order valence-corrected chi connectivity index (χ0v) is 8.34. The monoisotopic (exact) mass is 208 g/mol. The van der Waals surface area contributed by atoms with E-state index in [1.807, 2.05) is 6.26 Å². The van der Waals surface area contributed by atoms with Gasteiger partial charge in [-0.2, -0.15) is 11.8 Å². The molecule has 8 N–H and O–H groups in total. The van der Waals surface area contributed by atoms with Crippen LogP contribution in [0.5, 0.6) is 0 Å². The van der Waals surface area contributed by atoms with E-state index in [1.165, 1.54) is 0 Å². The highest BCUT2D eigenvalue weighted by molar-refractivity contribution is 7.98. The number of hydrogen-bond acceptors (Lipinski definition) is 4. The number of hydrogen-bond donors (Lipinski definition) is 4. The Morgan fingerprint density at radius 1 is 1.62 bits per heavy atom. The number of nitrogens with two attached hydrogens (primary N) is 4. The number of carboxylic acid groups (broad SMARTS) is 1. The predicted molar refractivity (Wildman–Crippen MR) is 51.3 cm³/mol. The normalized spacial score (nSPS) is 10.9. The van der Waals surface area contributed by atoms with E-state index in [0.717, 1.165) is 5.75 Å². The van der Waals surface area contributed by atoms with E-state index in [-0.39, 0.29) is 5.96 Å². The maximum Gasteiger partial charge on any atom is 0.336 e. The van der Waals surface area contributed by atoms with Crippen molar-refractivity contribution >= 4 is 23.7 Å². The highest BCUT2D eigenvalue weighted by atomic mass is 32.2. The van der Waals surface area contributed by atoms with Gasteiger partial charge in [0.1, 0.15) is 0 Å². The first-order valence-electron chi connectivity index (χ1n) is 3.50. The van der Waals surface area contributed by atoms with Crippen LogP contribution in [0.2, 0.25) is 0 Å². The average Bonchev–Trinajstić information content (AvgIpc) is 1.98. The van der Waals surface area contributed by atoms with Gasteiger partial charge in [-0.25, -0.2) is 0 Å². The van der Waals surface area contributed by atoms with Crippen LogP contribution in [0.15, 0.2) is 0 Å². The summed E-state index contributed by atoms with van der Waals surface area (Å²) in [4.78, 5) is 9.96. The van der Waals surface area contributed by atoms with Crippen LogP contribution in [0.25, 0.3) is 0 Å². The molecule has 0 amide bonds. The molecule has 0 aromatic rings. The van der Waals surface area contributed by atoms with Crippen LogP contribution in [0, 0.1) is 0 Å². The fourth-order valence-electron chi connectivity index (χ4n) is 0.363. The van der Waals surface area contributed by atoms with E-state index >= 15 is 0 Å². The van der Waals surface area contributed by atoms with Crippen LogP contribution >= 0.6 is 11.8 Å². The van der Waals surface area contributed by atoms with Crippen LogP contribution in [-0.4, -0.2) is 30.0 Å². The standard InChI is InChI=1S/C5H11NO2S.CH5N3/c1-9-3-2-4(6)5(7)8;2-1(3)4/h4H,2-3,6H2,1H3,(H,7,8);(H5,2,3,4)/t4-;/m0./s1. The van der Waals surface area contributed by atoms with Gasteiger partial charge in [-0.15, -0.1) is 0 Å². The third kappa shape index (κ3) is 18.2. The minimum Gasteiger partial charge on any atom is -0.548 e. The molecule has 0 aliphatic carbocycles. The molecule has 1 atom stereocenters. The van der Waals surface area contributed by atoms with Crippen molar-refractivity contribution in [1.82, 2.24) is 0 Å². The minimum absolute atomic E-state index is 0.0833. The van der Waals surface area contributed by atoms with E-state index in [0.29, 0.717) is 6.42 Å². The Bertz CT molecular complexity index is 161. The minimum atomic E-state index is -1.16. The molecule has 0 saturated carbocycles. The molecule has 0 fully saturated rings. The summed E-state index contributed by atoms with van der Waals surface area (Å²) in [5.74, 6) is -0.473. The molecule has 0 aromatic heterocycles. The van der Waals surface area contributed by atoms with Crippen molar-refractivity contribution in [2.75, 3.05) is 12.0 Å². The molecule has 78 valence electrons. The van der Waals surface area contributed by atoms with Gasteiger partial charge >= 0.3 is 5.96 Å². The third-order valence-corrected chi connectivity index (χ3v) is 1.58. The van der Waals surface area contributed by atoms with Gasteiger partial charge in [0.2, 0.25) is 0 Å². The van der Waals surface area contributed by atoms with Gasteiger partial charge in [0.25, 0.3) is 0 Å². The molecule has 0 heterocycles. The van der Waals surface area contributed by atoms with Gasteiger partial charge in [-0.3, -0.25) is 16.9 Å². The topological polar surface area (TPSA) is 144 Å². The Balaban J connectivity index is 0. The number of thioether (sulfide) groups is 1. The first-order chi connectivity index (χ1) is 5.91. The van der Waals surface area contributed by atoms with Gasteiger partial charge < -0.3 is 15.6 Å². The Morgan fingerprint density at radius 3 is 2.23 bits per heavy atom. The zero-order valence-electron chi connectivity index (χ0n) is 7.53. The molecule has 0 bridgehead atoms. The smallest absolute Gasteiger partial charge is 0.336 e. The van der Waals surface area contributed by atoms with Crippen molar-refractivity contribution in [2.24, 2.45) is 17.2 Å². The summed E-state index contributed by atoms with van der Waals surface area (Å²) in [7, 11) is 0. The molecule has 13 heavy (non-hydrogen) atoms. The molecule has 0 aliphatic heterocycles. The molecule has 7 heteroatoms. The summed E-state index contributed by atoms with van der Waals surface area (Å²) in [5.41, 5.74) is 14.3. The highest BCUT2D eigenvalue weighted by Crippen LogP contribution is 1.96. The summed E-state index contributed by atoms with van der Waals surface area (Å²) < 4.78 is 0. The highest BCUT2D eigenvalue weighted by Gasteiger charge is 2.00. The van der Waals surface area contributed by atoms with Crippen LogP contribution in [-0.2, 0) is 4.79 Å². The lowest BCUT2D eigenvalue weighted by atomic mass is 10.2. The Labute approximate surface area is 81.4 Å². The molecular formula is C6H16N4O2S. The van der Waals surface area contributed by atoms with E-state index in [4.69, 9.17) is 5.73 Å². The summed E-state index contributed by atoms with van der Waals surface area (Å²) in [6.45, 7) is 0. The summed E-state index contributed by atoms with van der Waals surface area (Å²) in [6, 6.07) is -0.794. The second-order valence-corrected chi connectivity index (χ2v) is 3.19. The molecule has 0 radical (unpaired) electrons. The van der Waals surface area contributed by atoms with E-state index in [2.05, 4.69) is 16.9 Å². The van der Waals surface area contributed by atoms with Gasteiger partial charge in [0.15, 0.2) is 0 Å². The fourth-order valence-corrected chi connectivity index (χ4v) is 0.852. The van der Waals surface area contributed by atoms with Crippen molar-refractivity contribution in [3.05, 3.63) is 0 Å². The third-order valence-electron chi connectivity index (χ3n) is 0.936. The summed E-state index contributed by atoms with van der Waals surface area (Å²) >= 11 is 1.58. The van der Waals surface area contributed by atoms with Crippen molar-refractivity contribution in [2.45, 2.75) is 12.5 Å². The van der Waals surface area contributed by atoms with E-state index < -0.39 is 12.0 Å². The van der Waals surface area contributed by atoms with Gasteiger partial charge in [0.05, 0.1) is 5.97 Å². The summed E-state index contributed by atoms with van der Waals surface area (Å²) in [5, 5.41) is 14.5. The first kappa shape index (κ1) is 14.6. The quantitative estimate of drug-likeness (QED) is 0.272. The van der Waals surface area contributed by atoms with Crippen LogP contribution < -0.4 is 27.7 Å². The maximum absolute atomic E-state index is 9.96. The SMILES string of the molecule is CSCC[C@H](N)C(=O)[O-].NC(N)=[NH2+]. The van der Waals surface area contributed by atoms with Gasteiger partial charge in [-0.1, -0.05) is 0 Å². The number of guanidine groups is 1. The van der Waals surface area contributed by atoms with E-state index in [1.54, 1.807) is 11.8 Å². The molecule has 0 aliphatic rings. The van der Waals surface area contributed by atoms with Crippen LogP contribution in [0.3, 0.4) is 0 Å². The lowest BCUT2D eigenvalue weighted by molar-refractivity contribution is -0.307. The molecule has 0 unspecified atom stereocenters. The lowest BCUT2D eigenvalue weighted by Crippen LogP contribution is -2.51. The largest absolute Gasteiger partial charge is 0.548 e. The Morgan fingerprint density at radius 2 is 2.00 bits per heavy atom. The Hall–Kier alpha value is -0.950. The second-order valence-electron chi connectivity index (χ2n) is 2.21. The van der Waals surface area contributed by atoms with Gasteiger partial charge in [-0.05, 0) is 18.4 Å². The van der Waals surface area contributed by atoms with Crippen LogP contribution in [0.4, 0.5) is 0 Å². The molecule has 6 nitrogen and oxygen atoms in total. The zero-order chi connectivity index (χ0) is 10.9. The lowest BCUT2D eigenvalue weighted by Gasteiger charge is -2.10. The molecule has 0 spiro atoms. The predicted octanol–water partition coefficient (Wildman–Crippen LogP) is -4.16. The fraction of sp³-hybridized carbons (Fsp3) is 0.667. The maximum atomic E-state index is 9.96. The van der Waals surface area contributed by atoms with Crippen molar-refractivity contribution in [1.29, 1.82) is 0 Å². The number of aliphatic carboxylic acids is 1. The van der Waals surface area contributed by atoms with Crippen molar-refractivity contribution in [3.8, 4) is 0 Å². The van der Waals surface area contributed by atoms with Crippen LogP contribution in [0.1, 0.15) is 6.42 Å². The molecule has 0 rings (SSSR count). The van der Waals surface area contributed by atoms with Crippen molar-refractivity contribution < 1.29 is 15.3 Å². The number of rotatable bonds is 4. The molecule has 0 saturated heterocycles. The van der Waals surface area contributed by atoms with E-state index in [9.17, 15) is 9.90 Å². The van der Waals surface area contributed by atoms with Crippen molar-refractivity contribution in [3.63, 3.8) is 0 Å². The number of carbonyl (C=O) groups is 1. The first-order valence-corrected chi connectivity index (χ1v) is 4.90. The molecular weight excluding hydrogens is 192 g/mol. The van der Waals surface area contributed by atoms with Gasteiger partial charge in [0, 0.05) is 6.04 Å². The Kier molecular flexibility index (Phi) is 10.2. The number of carboxylic acids is 1. The second kappa shape index (κ2) is 9.14. The molecule has 0 aromatic carbocycles. The number of carbonyl (C=O) groups excluding carboxylic acids is 1. The summed E-state index contributed by atoms with van der Waals surface area (Å²) in [6.07, 6.45) is 2.39. The average molecular weight is 208 g/mol.